The van der Waals surface area contributed by atoms with Gasteiger partial charge in [0.15, 0.2) is 0 Å². The maximum absolute atomic E-state index is 5.05. The molecule has 7 heavy (non-hydrogen) atoms. The van der Waals surface area contributed by atoms with Gasteiger partial charge in [0.25, 0.3) is 0 Å². The number of nitrogens with two attached hydrogens (primary N) is 1. The average Bonchev–Trinajstić information content (AvgIpc) is 1.61. The molecule has 0 aliphatic heterocycles. The maximum atomic E-state index is 5.05. The molecule has 0 unspecified atom stereocenters. The van der Waals surface area contributed by atoms with Crippen molar-refractivity contribution in [1.82, 2.24) is 5.32 Å². The molecule has 0 saturated carbocycles. The second-order valence-electron chi connectivity index (χ2n) is 1.04. The standard InChI is InChI=1S/C4H9N3/c1-4(5)7-3-6-2/h3H,1,5H2,2H3,(H,6,7). The highest BCUT2D eigenvalue weighted by atomic mass is 15.0. The van der Waals surface area contributed by atoms with Gasteiger partial charge in [0.2, 0.25) is 0 Å². The second kappa shape index (κ2) is 3.21. The third-order valence-electron chi connectivity index (χ3n) is 0.359. The first-order valence-corrected chi connectivity index (χ1v) is 1.91. The molecule has 0 fully saturated rings. The predicted octanol–water partition coefficient (Wildman–Crippen LogP) is -0.336. The van der Waals surface area contributed by atoms with E-state index in [0.717, 1.165) is 0 Å². The van der Waals surface area contributed by atoms with E-state index in [1.165, 1.54) is 6.34 Å². The Hall–Kier alpha value is -0.990. The lowest BCUT2D eigenvalue weighted by Gasteiger charge is -1.84. The summed E-state index contributed by atoms with van der Waals surface area (Å²) < 4.78 is 0. The monoisotopic (exact) mass is 99.1 g/mol. The number of hydrogen-bond acceptors (Lipinski definition) is 2. The number of nitrogens with one attached hydrogen (secondary N) is 1. The van der Waals surface area contributed by atoms with Gasteiger partial charge in [-0.15, -0.1) is 0 Å². The van der Waals surface area contributed by atoms with Gasteiger partial charge in [-0.3, -0.25) is 0 Å². The van der Waals surface area contributed by atoms with Gasteiger partial charge in [0.1, 0.15) is 5.82 Å². The Kier molecular flexibility index (Phi) is 2.76. The summed E-state index contributed by atoms with van der Waals surface area (Å²) in [5.74, 6) is 0.314. The second-order valence-corrected chi connectivity index (χ2v) is 1.04. The first-order chi connectivity index (χ1) is 3.27. The largest absolute Gasteiger partial charge is 0.384 e. The van der Waals surface area contributed by atoms with Crippen LogP contribution in [0.2, 0.25) is 0 Å². The molecule has 3 nitrogen and oxygen atoms in total. The summed E-state index contributed by atoms with van der Waals surface area (Å²) >= 11 is 0. The van der Waals surface area contributed by atoms with E-state index in [4.69, 9.17) is 5.73 Å². The van der Waals surface area contributed by atoms with E-state index in [1.54, 1.807) is 7.05 Å². The van der Waals surface area contributed by atoms with Crippen molar-refractivity contribution in [1.29, 1.82) is 0 Å². The van der Waals surface area contributed by atoms with Gasteiger partial charge in [-0.25, -0.2) is 4.99 Å². The van der Waals surface area contributed by atoms with Gasteiger partial charge in [-0.05, 0) is 0 Å². The van der Waals surface area contributed by atoms with Crippen molar-refractivity contribution in [3.8, 4) is 0 Å². The fourth-order valence-electron chi connectivity index (χ4n) is 0.147. The van der Waals surface area contributed by atoms with Crippen LogP contribution in [0.1, 0.15) is 0 Å². The number of nitrogens with zero attached hydrogens (tertiary/aromatic N) is 1. The van der Waals surface area contributed by atoms with Crippen LogP contribution in [-0.2, 0) is 0 Å². The van der Waals surface area contributed by atoms with Gasteiger partial charge in [-0.1, -0.05) is 6.58 Å². The molecule has 0 aromatic heterocycles. The molecule has 0 heterocycles. The van der Waals surface area contributed by atoms with Crippen molar-refractivity contribution in [2.45, 2.75) is 0 Å². The number of hydrogen-bond donors (Lipinski definition) is 2. The van der Waals surface area contributed by atoms with Gasteiger partial charge in [0, 0.05) is 7.05 Å². The molecule has 0 aromatic rings. The molecular formula is C4H9N3. The van der Waals surface area contributed by atoms with Crippen LogP contribution >= 0.6 is 0 Å². The predicted molar refractivity (Wildman–Crippen MR) is 30.9 cm³/mol. The molecule has 0 radical (unpaired) electrons. The van der Waals surface area contributed by atoms with Gasteiger partial charge < -0.3 is 11.1 Å². The van der Waals surface area contributed by atoms with Crippen LogP contribution in [0.25, 0.3) is 0 Å². The minimum Gasteiger partial charge on any atom is -0.384 e. The SMILES string of the molecule is C=C(N)/N=C\NC. The number of aliphatic imine (C=N–C) groups is 1. The van der Waals surface area contributed by atoms with Gasteiger partial charge >= 0.3 is 0 Å². The highest BCUT2D eigenvalue weighted by molar-refractivity contribution is 5.55. The van der Waals surface area contributed by atoms with Crippen molar-refractivity contribution in [3.63, 3.8) is 0 Å². The Labute approximate surface area is 42.9 Å². The fourth-order valence-corrected chi connectivity index (χ4v) is 0.147. The van der Waals surface area contributed by atoms with Crippen molar-refractivity contribution in [2.75, 3.05) is 7.05 Å². The third kappa shape index (κ3) is 5.01. The molecule has 0 aromatic carbocycles. The average molecular weight is 99.1 g/mol. The van der Waals surface area contributed by atoms with E-state index in [9.17, 15) is 0 Å². The Morgan fingerprint density at radius 3 is 2.71 bits per heavy atom. The normalized spacial score (nSPS) is 9.29. The molecule has 0 aliphatic rings. The Balaban J connectivity index is 3.26. The molecule has 0 amide bonds. The molecule has 0 spiro atoms. The molecule has 0 aliphatic carbocycles. The van der Waals surface area contributed by atoms with Crippen molar-refractivity contribution in [2.24, 2.45) is 10.7 Å². The molecular weight excluding hydrogens is 90.1 g/mol. The Morgan fingerprint density at radius 2 is 2.57 bits per heavy atom. The van der Waals surface area contributed by atoms with Crippen LogP contribution in [0.15, 0.2) is 17.4 Å². The molecule has 3 heteroatoms. The van der Waals surface area contributed by atoms with Crippen LogP contribution in [0.5, 0.6) is 0 Å². The maximum Gasteiger partial charge on any atom is 0.117 e. The summed E-state index contributed by atoms with van der Waals surface area (Å²) in [7, 11) is 1.74. The van der Waals surface area contributed by atoms with E-state index in [1.807, 2.05) is 0 Å². The summed E-state index contributed by atoms with van der Waals surface area (Å²) in [6.07, 6.45) is 1.47. The Morgan fingerprint density at radius 1 is 2.00 bits per heavy atom. The first kappa shape index (κ1) is 6.01. The zero-order chi connectivity index (χ0) is 5.70. The van der Waals surface area contributed by atoms with E-state index >= 15 is 0 Å². The summed E-state index contributed by atoms with van der Waals surface area (Å²) in [6.45, 7) is 3.33. The van der Waals surface area contributed by atoms with Crippen molar-refractivity contribution < 1.29 is 0 Å². The summed E-state index contributed by atoms with van der Waals surface area (Å²) in [4.78, 5) is 3.59. The molecule has 0 saturated heterocycles. The lowest BCUT2D eigenvalue weighted by atomic mass is 10.9. The molecule has 0 rings (SSSR count). The quantitative estimate of drug-likeness (QED) is 0.367. The fraction of sp³-hybridized carbons (Fsp3) is 0.250. The van der Waals surface area contributed by atoms with E-state index in [2.05, 4.69) is 16.9 Å². The summed E-state index contributed by atoms with van der Waals surface area (Å²) in [5, 5.41) is 2.67. The molecule has 3 N–H and O–H groups in total. The minimum atomic E-state index is 0.314. The smallest absolute Gasteiger partial charge is 0.117 e. The summed E-state index contributed by atoms with van der Waals surface area (Å²) in [5.41, 5.74) is 5.05. The van der Waals surface area contributed by atoms with Crippen LogP contribution in [0.3, 0.4) is 0 Å². The minimum absolute atomic E-state index is 0.314. The lowest BCUT2D eigenvalue weighted by molar-refractivity contribution is 1.17. The van der Waals surface area contributed by atoms with E-state index < -0.39 is 0 Å². The third-order valence-corrected chi connectivity index (χ3v) is 0.359. The first-order valence-electron chi connectivity index (χ1n) is 1.91. The van der Waals surface area contributed by atoms with Gasteiger partial charge in [-0.2, -0.15) is 0 Å². The van der Waals surface area contributed by atoms with Crippen molar-refractivity contribution >= 4 is 6.34 Å². The molecule has 0 atom stereocenters. The van der Waals surface area contributed by atoms with E-state index in [-0.39, 0.29) is 0 Å². The zero-order valence-corrected chi connectivity index (χ0v) is 4.31. The molecule has 40 valence electrons. The van der Waals surface area contributed by atoms with Crippen molar-refractivity contribution in [3.05, 3.63) is 12.4 Å². The van der Waals surface area contributed by atoms with Gasteiger partial charge in [0.05, 0.1) is 6.34 Å². The Bertz CT molecular complexity index is 84.9. The lowest BCUT2D eigenvalue weighted by Crippen LogP contribution is -2.02. The van der Waals surface area contributed by atoms with Crippen LogP contribution in [0, 0.1) is 0 Å². The van der Waals surface area contributed by atoms with Crippen LogP contribution in [-0.4, -0.2) is 13.4 Å². The van der Waals surface area contributed by atoms with Crippen LogP contribution in [0.4, 0.5) is 0 Å². The summed E-state index contributed by atoms with van der Waals surface area (Å²) in [6, 6.07) is 0. The highest BCUT2D eigenvalue weighted by Crippen LogP contribution is 1.70. The van der Waals surface area contributed by atoms with E-state index in [0.29, 0.717) is 5.82 Å². The topological polar surface area (TPSA) is 50.4 Å². The zero-order valence-electron chi connectivity index (χ0n) is 4.31. The van der Waals surface area contributed by atoms with Crippen LogP contribution < -0.4 is 11.1 Å². The number of rotatable bonds is 2. The highest BCUT2D eigenvalue weighted by Gasteiger charge is 1.66. The molecule has 0 bridgehead atoms.